The molecular weight excluding hydrogens is 268 g/mol. The van der Waals surface area contributed by atoms with Crippen LogP contribution in [0.15, 0.2) is 53.6 Å². The van der Waals surface area contributed by atoms with Crippen molar-refractivity contribution in [3.8, 4) is 0 Å². The van der Waals surface area contributed by atoms with Crippen LogP contribution in [0.3, 0.4) is 0 Å². The van der Waals surface area contributed by atoms with Gasteiger partial charge in [0.1, 0.15) is 0 Å². The van der Waals surface area contributed by atoms with Gasteiger partial charge in [-0.1, -0.05) is 24.3 Å². The Morgan fingerprint density at radius 1 is 1.14 bits per heavy atom. The van der Waals surface area contributed by atoms with Crippen molar-refractivity contribution in [2.75, 3.05) is 0 Å². The van der Waals surface area contributed by atoms with Crippen molar-refractivity contribution in [2.45, 2.75) is 6.54 Å². The first-order chi connectivity index (χ1) is 10.3. The third-order valence-corrected chi connectivity index (χ3v) is 3.09. The number of fused-ring (bicyclic) bond motifs is 1. The lowest BCUT2D eigenvalue weighted by Crippen LogP contribution is -2.26. The van der Waals surface area contributed by atoms with E-state index in [1.54, 1.807) is 42.7 Å². The maximum atomic E-state index is 12.2. The monoisotopic (exact) mass is 280 g/mol. The molecule has 0 atom stereocenters. The van der Waals surface area contributed by atoms with Gasteiger partial charge in [0.2, 0.25) is 0 Å². The van der Waals surface area contributed by atoms with Crippen molar-refractivity contribution in [3.63, 3.8) is 0 Å². The Balaban J connectivity index is 1.89. The minimum Gasteiger partial charge on any atom is -0.346 e. The second-order valence-corrected chi connectivity index (χ2v) is 4.49. The van der Waals surface area contributed by atoms with E-state index in [1.807, 2.05) is 6.07 Å². The first kappa shape index (κ1) is 13.0. The fraction of sp³-hybridized carbons (Fsp3) is 0.0667. The van der Waals surface area contributed by atoms with E-state index in [9.17, 15) is 9.59 Å². The highest BCUT2D eigenvalue weighted by molar-refractivity contribution is 6.04. The number of nitrogens with one attached hydrogen (secondary N) is 2. The summed E-state index contributed by atoms with van der Waals surface area (Å²) in [6.07, 6.45) is 3.35. The average molecular weight is 280 g/mol. The standard InChI is InChI=1S/C15H12N4O2/c20-14-12-6-2-1-5-11(12)13(18-19-14)15(21)17-9-10-4-3-7-16-8-10/h1-8H,9H2,(H,17,21)(H,19,20). The largest absolute Gasteiger partial charge is 0.346 e. The molecule has 0 bridgehead atoms. The van der Waals surface area contributed by atoms with Crippen molar-refractivity contribution < 1.29 is 4.79 Å². The number of carbonyl (C=O) groups excluding carboxylic acids is 1. The van der Waals surface area contributed by atoms with Crippen LogP contribution < -0.4 is 10.9 Å². The van der Waals surface area contributed by atoms with Gasteiger partial charge >= 0.3 is 0 Å². The van der Waals surface area contributed by atoms with Gasteiger partial charge in [0, 0.05) is 24.3 Å². The number of carbonyl (C=O) groups is 1. The lowest BCUT2D eigenvalue weighted by atomic mass is 10.1. The van der Waals surface area contributed by atoms with Gasteiger partial charge in [0.05, 0.1) is 5.39 Å². The van der Waals surface area contributed by atoms with Crippen LogP contribution in [-0.4, -0.2) is 21.1 Å². The van der Waals surface area contributed by atoms with Gasteiger partial charge in [0.25, 0.3) is 11.5 Å². The third kappa shape index (κ3) is 2.64. The van der Waals surface area contributed by atoms with Gasteiger partial charge in [-0.3, -0.25) is 14.6 Å². The molecule has 0 saturated heterocycles. The molecule has 0 fully saturated rings. The number of hydrogen-bond donors (Lipinski definition) is 2. The van der Waals surface area contributed by atoms with Crippen molar-refractivity contribution in [2.24, 2.45) is 0 Å². The van der Waals surface area contributed by atoms with Gasteiger partial charge in [-0.2, -0.15) is 5.10 Å². The average Bonchev–Trinajstić information content (AvgIpc) is 2.54. The quantitative estimate of drug-likeness (QED) is 0.755. The number of aromatic amines is 1. The lowest BCUT2D eigenvalue weighted by Gasteiger charge is -2.06. The summed E-state index contributed by atoms with van der Waals surface area (Å²) in [5, 5.41) is 9.94. The van der Waals surface area contributed by atoms with Crippen LogP contribution in [-0.2, 0) is 6.54 Å². The summed E-state index contributed by atoms with van der Waals surface area (Å²) >= 11 is 0. The molecule has 0 radical (unpaired) electrons. The zero-order valence-electron chi connectivity index (χ0n) is 11.0. The molecule has 0 aliphatic rings. The molecule has 0 spiro atoms. The smallest absolute Gasteiger partial charge is 0.272 e. The Morgan fingerprint density at radius 2 is 1.95 bits per heavy atom. The van der Waals surface area contributed by atoms with Crippen LogP contribution in [0, 0.1) is 0 Å². The normalized spacial score (nSPS) is 10.5. The molecule has 2 N–H and O–H groups in total. The van der Waals surface area contributed by atoms with E-state index >= 15 is 0 Å². The molecule has 0 unspecified atom stereocenters. The van der Waals surface area contributed by atoms with E-state index in [-0.39, 0.29) is 17.2 Å². The van der Waals surface area contributed by atoms with Crippen LogP contribution in [0.1, 0.15) is 16.1 Å². The molecule has 6 nitrogen and oxygen atoms in total. The highest BCUT2D eigenvalue weighted by Gasteiger charge is 2.13. The number of H-pyrrole nitrogens is 1. The van der Waals surface area contributed by atoms with Crippen molar-refractivity contribution in [1.82, 2.24) is 20.5 Å². The van der Waals surface area contributed by atoms with Gasteiger partial charge in [-0.05, 0) is 17.7 Å². The van der Waals surface area contributed by atoms with Crippen molar-refractivity contribution in [3.05, 3.63) is 70.4 Å². The lowest BCUT2D eigenvalue weighted by molar-refractivity contribution is 0.0946. The maximum Gasteiger partial charge on any atom is 0.272 e. The van der Waals surface area contributed by atoms with E-state index < -0.39 is 0 Å². The summed E-state index contributed by atoms with van der Waals surface area (Å²) in [6.45, 7) is 0.349. The van der Waals surface area contributed by atoms with E-state index in [0.717, 1.165) is 5.56 Å². The second-order valence-electron chi connectivity index (χ2n) is 4.49. The zero-order valence-corrected chi connectivity index (χ0v) is 11.0. The van der Waals surface area contributed by atoms with Gasteiger partial charge in [0.15, 0.2) is 5.69 Å². The first-order valence-corrected chi connectivity index (χ1v) is 6.40. The van der Waals surface area contributed by atoms with Crippen LogP contribution in [0.2, 0.25) is 0 Å². The highest BCUT2D eigenvalue weighted by atomic mass is 16.2. The number of rotatable bonds is 3. The molecule has 0 saturated carbocycles. The minimum absolute atomic E-state index is 0.203. The molecule has 3 aromatic rings. The van der Waals surface area contributed by atoms with E-state index in [1.165, 1.54) is 0 Å². The summed E-state index contributed by atoms with van der Waals surface area (Å²) in [4.78, 5) is 27.9. The van der Waals surface area contributed by atoms with Crippen LogP contribution in [0.5, 0.6) is 0 Å². The first-order valence-electron chi connectivity index (χ1n) is 6.40. The summed E-state index contributed by atoms with van der Waals surface area (Å²) < 4.78 is 0. The van der Waals surface area contributed by atoms with E-state index in [0.29, 0.717) is 17.3 Å². The number of pyridine rings is 1. The number of aromatic nitrogens is 3. The summed E-state index contributed by atoms with van der Waals surface area (Å²) in [7, 11) is 0. The van der Waals surface area contributed by atoms with Crippen LogP contribution in [0.4, 0.5) is 0 Å². The van der Waals surface area contributed by atoms with Crippen LogP contribution in [0.25, 0.3) is 10.8 Å². The number of amides is 1. The molecule has 104 valence electrons. The van der Waals surface area contributed by atoms with E-state index in [2.05, 4.69) is 20.5 Å². The van der Waals surface area contributed by atoms with E-state index in [4.69, 9.17) is 0 Å². The SMILES string of the molecule is O=C(NCc1cccnc1)c1n[nH]c(=O)c2ccccc12. The number of hydrogen-bond acceptors (Lipinski definition) is 4. The molecule has 1 aromatic carbocycles. The Labute approximate surface area is 119 Å². The molecule has 2 heterocycles. The number of nitrogens with zero attached hydrogens (tertiary/aromatic N) is 2. The Kier molecular flexibility index (Phi) is 3.42. The molecule has 6 heteroatoms. The summed E-state index contributed by atoms with van der Waals surface area (Å²) in [5.74, 6) is -0.341. The fourth-order valence-corrected chi connectivity index (χ4v) is 2.06. The Hall–Kier alpha value is -3.02. The minimum atomic E-state index is -0.341. The third-order valence-electron chi connectivity index (χ3n) is 3.09. The molecule has 1 amide bonds. The topological polar surface area (TPSA) is 87.7 Å². The van der Waals surface area contributed by atoms with Crippen molar-refractivity contribution >= 4 is 16.7 Å². The molecular formula is C15H12N4O2. The van der Waals surface area contributed by atoms with Crippen molar-refractivity contribution in [1.29, 1.82) is 0 Å². The highest BCUT2D eigenvalue weighted by Crippen LogP contribution is 2.12. The molecule has 21 heavy (non-hydrogen) atoms. The predicted molar refractivity (Wildman–Crippen MR) is 77.8 cm³/mol. The van der Waals surface area contributed by atoms with Gasteiger partial charge in [-0.25, -0.2) is 5.10 Å². The molecule has 2 aromatic heterocycles. The number of benzene rings is 1. The second kappa shape index (κ2) is 5.54. The van der Waals surface area contributed by atoms with Crippen LogP contribution >= 0.6 is 0 Å². The Bertz CT molecular complexity index is 843. The van der Waals surface area contributed by atoms with Gasteiger partial charge < -0.3 is 5.32 Å². The predicted octanol–water partition coefficient (Wildman–Crippen LogP) is 1.25. The Morgan fingerprint density at radius 3 is 2.71 bits per heavy atom. The fourth-order valence-electron chi connectivity index (χ4n) is 2.06. The molecule has 3 rings (SSSR count). The zero-order chi connectivity index (χ0) is 14.7. The summed E-state index contributed by atoms with van der Waals surface area (Å²) in [5.41, 5.74) is 0.781. The molecule has 0 aliphatic heterocycles. The summed E-state index contributed by atoms with van der Waals surface area (Å²) in [6, 6.07) is 10.5. The van der Waals surface area contributed by atoms with Gasteiger partial charge in [-0.15, -0.1) is 0 Å². The molecule has 0 aliphatic carbocycles. The maximum absolute atomic E-state index is 12.2.